The molecule has 154 valence electrons. The summed E-state index contributed by atoms with van der Waals surface area (Å²) in [5.41, 5.74) is 3.94. The van der Waals surface area contributed by atoms with Crippen molar-refractivity contribution in [2.45, 2.75) is 23.7 Å². The number of rotatable bonds is 4. The lowest BCUT2D eigenvalue weighted by Gasteiger charge is -2.25. The Bertz CT molecular complexity index is 772. The van der Waals surface area contributed by atoms with Crippen LogP contribution in [0.25, 0.3) is 0 Å². The minimum atomic E-state index is -1.55. The number of aliphatic hydroxyl groups is 2. The van der Waals surface area contributed by atoms with Crippen molar-refractivity contribution in [1.82, 2.24) is 5.43 Å². The molecule has 0 aromatic heterocycles. The van der Waals surface area contributed by atoms with Crippen LogP contribution in [0.2, 0.25) is 0 Å². The van der Waals surface area contributed by atoms with E-state index in [9.17, 15) is 29.9 Å². The van der Waals surface area contributed by atoms with Crippen LogP contribution in [-0.4, -0.2) is 69.2 Å². The SMILES string of the molecule is NN[C@@]1(O)CO[C@H]2[C@@H]1OC[C@@]2(N)O.O=C(O)c1ccccc1C(=O)O[N+](=O)[O-]. The van der Waals surface area contributed by atoms with Gasteiger partial charge in [0.15, 0.2) is 11.4 Å². The smallest absolute Gasteiger partial charge is 0.336 e. The maximum Gasteiger partial charge on any atom is 0.336 e. The highest BCUT2D eigenvalue weighted by Crippen LogP contribution is 2.35. The van der Waals surface area contributed by atoms with Gasteiger partial charge >= 0.3 is 17.0 Å². The van der Waals surface area contributed by atoms with Crippen LogP contribution in [0.3, 0.4) is 0 Å². The fourth-order valence-electron chi connectivity index (χ4n) is 2.66. The van der Waals surface area contributed by atoms with Gasteiger partial charge in [0.25, 0.3) is 0 Å². The van der Waals surface area contributed by atoms with Crippen molar-refractivity contribution >= 4 is 11.9 Å². The molecule has 0 radical (unpaired) electrons. The van der Waals surface area contributed by atoms with Crippen molar-refractivity contribution in [2.75, 3.05) is 13.2 Å². The van der Waals surface area contributed by atoms with E-state index in [-0.39, 0.29) is 24.3 Å². The van der Waals surface area contributed by atoms with Gasteiger partial charge in [-0.3, -0.25) is 16.4 Å². The lowest BCUT2D eigenvalue weighted by Crippen LogP contribution is -2.59. The molecule has 14 nitrogen and oxygen atoms in total. The quantitative estimate of drug-likeness (QED) is 0.131. The van der Waals surface area contributed by atoms with Gasteiger partial charge in [-0.05, 0) is 12.1 Å². The predicted octanol–water partition coefficient (Wildman–Crippen LogP) is -2.68. The average molecular weight is 402 g/mol. The lowest BCUT2D eigenvalue weighted by molar-refractivity contribution is -0.727. The number of nitrogens with zero attached hydrogens (tertiary/aromatic N) is 1. The van der Waals surface area contributed by atoms with Crippen molar-refractivity contribution < 1.29 is 44.3 Å². The van der Waals surface area contributed by atoms with Gasteiger partial charge in [0.1, 0.15) is 12.2 Å². The summed E-state index contributed by atoms with van der Waals surface area (Å²) in [4.78, 5) is 35.2. The topological polar surface area (TPSA) is 230 Å². The molecule has 2 saturated heterocycles. The highest BCUT2D eigenvalue weighted by atomic mass is 17.0. The summed E-state index contributed by atoms with van der Waals surface area (Å²) in [6.07, 6.45) is -1.47. The minimum Gasteiger partial charge on any atom is -0.478 e. The summed E-state index contributed by atoms with van der Waals surface area (Å²) in [6, 6.07) is 5.06. The number of carbonyl (C=O) groups is 2. The molecule has 14 heteroatoms. The highest BCUT2D eigenvalue weighted by Gasteiger charge is 2.60. The van der Waals surface area contributed by atoms with Gasteiger partial charge in [0.05, 0.1) is 24.3 Å². The number of aromatic carboxylic acids is 1. The molecule has 4 atom stereocenters. The second-order valence-corrected chi connectivity index (χ2v) is 5.98. The first-order valence-corrected chi connectivity index (χ1v) is 7.65. The summed E-state index contributed by atoms with van der Waals surface area (Å²) in [5, 5.41) is 36.5. The van der Waals surface area contributed by atoms with Gasteiger partial charge in [-0.2, -0.15) is 0 Å². The standard InChI is InChI=1S/C8H5NO6.C6H13N3O4/c10-7(11)5-3-1-2-4-6(5)8(12)15-9(13)14;7-5(10)1-12-4-3(5)13-2-6(4,11)9-8/h1-4H,(H,10,11);3-4,9-11H,1-2,7-8H2/t;3-,4-,5+,6+/m.0/s1. The van der Waals surface area contributed by atoms with Crippen molar-refractivity contribution in [3.05, 3.63) is 45.5 Å². The highest BCUT2D eigenvalue weighted by molar-refractivity contribution is 6.02. The molecule has 3 rings (SSSR count). The third kappa shape index (κ3) is 4.39. The largest absolute Gasteiger partial charge is 0.478 e. The monoisotopic (exact) mass is 402 g/mol. The van der Waals surface area contributed by atoms with Gasteiger partial charge in [0, 0.05) is 0 Å². The van der Waals surface area contributed by atoms with Gasteiger partial charge in [0.2, 0.25) is 0 Å². The van der Waals surface area contributed by atoms with Gasteiger partial charge < -0.3 is 24.8 Å². The summed E-state index contributed by atoms with van der Waals surface area (Å²) in [5.74, 6) is 2.47. The zero-order valence-corrected chi connectivity index (χ0v) is 14.2. The van der Waals surface area contributed by atoms with Crippen molar-refractivity contribution in [3.8, 4) is 0 Å². The van der Waals surface area contributed by atoms with E-state index in [2.05, 4.69) is 10.3 Å². The van der Waals surface area contributed by atoms with Crippen LogP contribution in [-0.2, 0) is 14.3 Å². The maximum atomic E-state index is 11.1. The van der Waals surface area contributed by atoms with Crippen LogP contribution < -0.4 is 17.0 Å². The summed E-state index contributed by atoms with van der Waals surface area (Å²) in [6.45, 7) is -0.134. The number of hydrogen-bond donors (Lipinski definition) is 6. The van der Waals surface area contributed by atoms with Gasteiger partial charge in [-0.1, -0.05) is 12.1 Å². The lowest BCUT2D eigenvalue weighted by atomic mass is 10.0. The Morgan fingerprint density at radius 1 is 1.21 bits per heavy atom. The number of nitrogens with two attached hydrogens (primary N) is 2. The number of fused-ring (bicyclic) bond motifs is 1. The van der Waals surface area contributed by atoms with Crippen LogP contribution >= 0.6 is 0 Å². The molecule has 8 N–H and O–H groups in total. The zero-order chi connectivity index (χ0) is 21.1. The number of ether oxygens (including phenoxy) is 2. The molecule has 2 heterocycles. The van der Waals surface area contributed by atoms with E-state index < -0.39 is 40.7 Å². The molecule has 0 amide bonds. The molecule has 0 spiro atoms. The Kier molecular flexibility index (Phi) is 6.25. The molecule has 0 bridgehead atoms. The van der Waals surface area contributed by atoms with Gasteiger partial charge in [-0.15, -0.1) is 10.1 Å². The molecule has 0 unspecified atom stereocenters. The first-order valence-electron chi connectivity index (χ1n) is 7.65. The Morgan fingerprint density at radius 3 is 2.32 bits per heavy atom. The van der Waals surface area contributed by atoms with Crippen LogP contribution in [0.15, 0.2) is 24.3 Å². The molecule has 1 aromatic carbocycles. The number of benzene rings is 1. The molecule has 0 aliphatic carbocycles. The number of carbonyl (C=O) groups excluding carboxylic acids is 1. The Morgan fingerprint density at radius 2 is 1.79 bits per heavy atom. The molecule has 28 heavy (non-hydrogen) atoms. The summed E-state index contributed by atoms with van der Waals surface area (Å²) in [7, 11) is 0. The van der Waals surface area contributed by atoms with E-state index in [4.69, 9.17) is 26.2 Å². The molecule has 0 saturated carbocycles. The van der Waals surface area contributed by atoms with E-state index in [0.29, 0.717) is 0 Å². The number of carboxylic acid groups (broad SMARTS) is 1. The van der Waals surface area contributed by atoms with Crippen molar-refractivity contribution in [1.29, 1.82) is 0 Å². The molecular weight excluding hydrogens is 384 g/mol. The first kappa shape index (κ1) is 21.6. The number of nitrogens with one attached hydrogen (secondary N) is 1. The van der Waals surface area contributed by atoms with Crippen LogP contribution in [0.4, 0.5) is 0 Å². The molecule has 1 aromatic rings. The second kappa shape index (κ2) is 8.11. The fourth-order valence-corrected chi connectivity index (χ4v) is 2.66. The van der Waals surface area contributed by atoms with E-state index in [1.807, 2.05) is 0 Å². The van der Waals surface area contributed by atoms with E-state index in [0.717, 1.165) is 12.1 Å². The molecular formula is C14H18N4O10. The second-order valence-electron chi connectivity index (χ2n) is 5.98. The zero-order valence-electron chi connectivity index (χ0n) is 14.2. The molecule has 2 aliphatic rings. The summed E-state index contributed by atoms with van der Waals surface area (Å²) >= 11 is 0. The predicted molar refractivity (Wildman–Crippen MR) is 86.7 cm³/mol. The minimum absolute atomic E-state index is 0.0572. The fraction of sp³-hybridized carbons (Fsp3) is 0.429. The van der Waals surface area contributed by atoms with E-state index in [1.165, 1.54) is 12.1 Å². The van der Waals surface area contributed by atoms with Crippen LogP contribution in [0, 0.1) is 10.1 Å². The normalized spacial score (nSPS) is 30.7. The van der Waals surface area contributed by atoms with E-state index in [1.54, 1.807) is 0 Å². The van der Waals surface area contributed by atoms with Crippen LogP contribution in [0.1, 0.15) is 20.7 Å². The Hall–Kier alpha value is -2.72. The van der Waals surface area contributed by atoms with Gasteiger partial charge in [-0.25, -0.2) is 15.1 Å². The number of hydrogen-bond acceptors (Lipinski definition) is 12. The third-order valence-corrected chi connectivity index (χ3v) is 4.00. The number of carboxylic acids is 1. The van der Waals surface area contributed by atoms with Crippen molar-refractivity contribution in [2.24, 2.45) is 11.6 Å². The average Bonchev–Trinajstić information content (AvgIpc) is 3.13. The Labute approximate surface area is 156 Å². The van der Waals surface area contributed by atoms with Crippen LogP contribution in [0.5, 0.6) is 0 Å². The van der Waals surface area contributed by atoms with E-state index >= 15 is 0 Å². The van der Waals surface area contributed by atoms with Crippen molar-refractivity contribution in [3.63, 3.8) is 0 Å². The third-order valence-electron chi connectivity index (χ3n) is 4.00. The maximum absolute atomic E-state index is 11.1. The number of hydrazine groups is 1. The molecule has 2 aliphatic heterocycles. The first-order chi connectivity index (χ1) is 13.0. The molecule has 2 fully saturated rings. The summed E-state index contributed by atoms with van der Waals surface area (Å²) < 4.78 is 10.2. The Balaban J connectivity index is 0.000000202.